The molecule has 0 bridgehead atoms. The first kappa shape index (κ1) is 30.2. The van der Waals surface area contributed by atoms with E-state index in [1.54, 1.807) is 52.0 Å². The number of nitrogens with one attached hydrogen (secondary N) is 1. The number of ether oxygens (including phenoxy) is 3. The minimum Gasteiger partial charge on any atom is -0.493 e. The lowest BCUT2D eigenvalue weighted by Crippen LogP contribution is -2.42. The summed E-state index contributed by atoms with van der Waals surface area (Å²) in [5.74, 6) is -3.62. The smallest absolute Gasteiger partial charge is 0.328 e. The van der Waals surface area contributed by atoms with E-state index < -0.39 is 53.0 Å². The lowest BCUT2D eigenvalue weighted by molar-refractivity contribution is -0.150. The number of amides is 1. The number of carbonyl (C=O) groups excluding carboxylic acids is 3. The van der Waals surface area contributed by atoms with E-state index in [0.29, 0.717) is 11.1 Å². The molecule has 0 saturated carbocycles. The summed E-state index contributed by atoms with van der Waals surface area (Å²) < 4.78 is 43.5. The van der Waals surface area contributed by atoms with E-state index >= 15 is 0 Å². The van der Waals surface area contributed by atoms with Crippen molar-refractivity contribution in [2.75, 3.05) is 7.11 Å². The van der Waals surface area contributed by atoms with E-state index in [1.807, 2.05) is 0 Å². The molecule has 0 saturated heterocycles. The van der Waals surface area contributed by atoms with Gasteiger partial charge >= 0.3 is 11.9 Å². The van der Waals surface area contributed by atoms with Gasteiger partial charge < -0.3 is 19.5 Å². The zero-order valence-electron chi connectivity index (χ0n) is 23.2. The monoisotopic (exact) mass is 554 g/mol. The van der Waals surface area contributed by atoms with Crippen LogP contribution in [-0.2, 0) is 14.3 Å². The van der Waals surface area contributed by atoms with E-state index in [0.717, 1.165) is 0 Å². The SMILES string of the molecule is COc1ccnc(C(=O)N[C@@H](C)C(=O)O[C@@H](C)C(c2ccc(F)cc2)c2ccc(F)cc2)c1OC(=O)C(C)(C)C. The van der Waals surface area contributed by atoms with Crippen molar-refractivity contribution in [3.05, 3.63) is 89.2 Å². The molecule has 1 aromatic heterocycles. The molecule has 3 aromatic rings. The number of hydrogen-bond donors (Lipinski definition) is 1. The van der Waals surface area contributed by atoms with Gasteiger partial charge in [0.25, 0.3) is 5.91 Å². The van der Waals surface area contributed by atoms with Crippen LogP contribution in [-0.4, -0.2) is 42.1 Å². The van der Waals surface area contributed by atoms with Gasteiger partial charge in [-0.15, -0.1) is 0 Å². The third-order valence-electron chi connectivity index (χ3n) is 6.04. The van der Waals surface area contributed by atoms with Crippen LogP contribution in [0.5, 0.6) is 11.5 Å². The molecule has 0 spiro atoms. The second kappa shape index (κ2) is 12.7. The number of methoxy groups -OCH3 is 1. The van der Waals surface area contributed by atoms with Gasteiger partial charge in [0.05, 0.1) is 12.5 Å². The predicted octanol–water partition coefficient (Wildman–Crippen LogP) is 5.20. The Morgan fingerprint density at radius 2 is 1.40 bits per heavy atom. The molecule has 3 rings (SSSR count). The van der Waals surface area contributed by atoms with Gasteiger partial charge in [-0.1, -0.05) is 24.3 Å². The first-order valence-electron chi connectivity index (χ1n) is 12.6. The molecule has 8 nitrogen and oxygen atoms in total. The Balaban J connectivity index is 1.79. The molecule has 0 aliphatic heterocycles. The van der Waals surface area contributed by atoms with Crippen LogP contribution in [0.4, 0.5) is 8.78 Å². The van der Waals surface area contributed by atoms with E-state index in [-0.39, 0.29) is 17.2 Å². The van der Waals surface area contributed by atoms with Crippen LogP contribution in [0.3, 0.4) is 0 Å². The molecule has 10 heteroatoms. The van der Waals surface area contributed by atoms with Crippen molar-refractivity contribution in [1.82, 2.24) is 10.3 Å². The fourth-order valence-electron chi connectivity index (χ4n) is 3.85. The Labute approximate surface area is 231 Å². The summed E-state index contributed by atoms with van der Waals surface area (Å²) in [7, 11) is 1.35. The quantitative estimate of drug-likeness (QED) is 0.363. The van der Waals surface area contributed by atoms with Crippen LogP contribution in [0.2, 0.25) is 0 Å². The van der Waals surface area contributed by atoms with Crippen LogP contribution in [0.1, 0.15) is 62.2 Å². The standard InChI is InChI=1S/C30H32F2N2O6/c1-17(34-27(35)25-26(23(38-6)15-16-33-25)40-29(37)30(3,4)5)28(36)39-18(2)24(19-7-11-21(31)12-8-19)20-9-13-22(32)14-10-20/h7-18,24H,1-6H3,(H,34,35)/t17-,18-/m0/s1. The summed E-state index contributed by atoms with van der Waals surface area (Å²) in [6.45, 7) is 8.04. The Morgan fingerprint density at radius 3 is 1.88 bits per heavy atom. The number of nitrogens with zero attached hydrogens (tertiary/aromatic N) is 1. The van der Waals surface area contributed by atoms with Crippen molar-refractivity contribution in [1.29, 1.82) is 0 Å². The minimum absolute atomic E-state index is 0.114. The normalized spacial score (nSPS) is 12.8. The maximum atomic E-state index is 13.6. The number of halogens is 2. The van der Waals surface area contributed by atoms with Gasteiger partial charge in [0, 0.05) is 18.2 Å². The predicted molar refractivity (Wildman–Crippen MR) is 143 cm³/mol. The Morgan fingerprint density at radius 1 is 0.875 bits per heavy atom. The summed E-state index contributed by atoms with van der Waals surface area (Å²) >= 11 is 0. The highest BCUT2D eigenvalue weighted by Crippen LogP contribution is 2.33. The van der Waals surface area contributed by atoms with Crippen LogP contribution < -0.4 is 14.8 Å². The summed E-state index contributed by atoms with van der Waals surface area (Å²) in [4.78, 5) is 42.7. The number of pyridine rings is 1. The van der Waals surface area contributed by atoms with Crippen molar-refractivity contribution < 1.29 is 37.4 Å². The lowest BCUT2D eigenvalue weighted by Gasteiger charge is -2.26. The van der Waals surface area contributed by atoms with E-state index in [9.17, 15) is 23.2 Å². The molecule has 0 aliphatic rings. The van der Waals surface area contributed by atoms with Crippen molar-refractivity contribution in [3.8, 4) is 11.5 Å². The van der Waals surface area contributed by atoms with Crippen molar-refractivity contribution in [2.45, 2.75) is 52.7 Å². The molecular formula is C30H32F2N2O6. The topological polar surface area (TPSA) is 104 Å². The highest BCUT2D eigenvalue weighted by molar-refractivity contribution is 5.98. The van der Waals surface area contributed by atoms with Gasteiger partial charge in [0.15, 0.2) is 11.4 Å². The van der Waals surface area contributed by atoms with Crippen LogP contribution >= 0.6 is 0 Å². The van der Waals surface area contributed by atoms with Crippen molar-refractivity contribution in [3.63, 3.8) is 0 Å². The summed E-state index contributed by atoms with van der Waals surface area (Å²) in [5, 5.41) is 2.52. The van der Waals surface area contributed by atoms with Gasteiger partial charge in [-0.2, -0.15) is 0 Å². The van der Waals surface area contributed by atoms with Crippen molar-refractivity contribution >= 4 is 17.8 Å². The third kappa shape index (κ3) is 7.40. The largest absolute Gasteiger partial charge is 0.493 e. The van der Waals surface area contributed by atoms with Gasteiger partial charge in [0.1, 0.15) is 23.8 Å². The van der Waals surface area contributed by atoms with Crippen LogP contribution in [0.25, 0.3) is 0 Å². The van der Waals surface area contributed by atoms with Crippen LogP contribution in [0.15, 0.2) is 60.8 Å². The zero-order chi connectivity index (χ0) is 29.6. The summed E-state index contributed by atoms with van der Waals surface area (Å²) in [6.07, 6.45) is 0.532. The molecule has 2 aromatic carbocycles. The molecule has 0 unspecified atom stereocenters. The minimum atomic E-state index is -1.13. The molecule has 40 heavy (non-hydrogen) atoms. The fraction of sp³-hybridized carbons (Fsp3) is 0.333. The van der Waals surface area contributed by atoms with Crippen LogP contribution in [0, 0.1) is 17.0 Å². The van der Waals surface area contributed by atoms with E-state index in [2.05, 4.69) is 10.3 Å². The maximum Gasteiger partial charge on any atom is 0.328 e. The van der Waals surface area contributed by atoms with Gasteiger partial charge in [-0.25, -0.2) is 18.6 Å². The fourth-order valence-corrected chi connectivity index (χ4v) is 3.85. The second-order valence-electron chi connectivity index (χ2n) is 10.2. The van der Waals surface area contributed by atoms with Crippen molar-refractivity contribution in [2.24, 2.45) is 5.41 Å². The highest BCUT2D eigenvalue weighted by Gasteiger charge is 2.31. The highest BCUT2D eigenvalue weighted by atomic mass is 19.1. The van der Waals surface area contributed by atoms with E-state index in [1.165, 1.54) is 50.6 Å². The molecule has 212 valence electrons. The molecular weight excluding hydrogens is 522 g/mol. The maximum absolute atomic E-state index is 13.6. The molecule has 0 radical (unpaired) electrons. The number of benzene rings is 2. The lowest BCUT2D eigenvalue weighted by atomic mass is 9.87. The number of hydrogen-bond acceptors (Lipinski definition) is 7. The number of esters is 2. The third-order valence-corrected chi connectivity index (χ3v) is 6.04. The molecule has 1 N–H and O–H groups in total. The average molecular weight is 555 g/mol. The Hall–Kier alpha value is -4.34. The van der Waals surface area contributed by atoms with E-state index in [4.69, 9.17) is 14.2 Å². The van der Waals surface area contributed by atoms with Gasteiger partial charge in [-0.3, -0.25) is 9.59 Å². The Kier molecular flexibility index (Phi) is 9.57. The number of aromatic nitrogens is 1. The second-order valence-corrected chi connectivity index (χ2v) is 10.2. The molecule has 2 atom stereocenters. The Bertz CT molecular complexity index is 1310. The zero-order valence-corrected chi connectivity index (χ0v) is 23.2. The molecule has 1 heterocycles. The first-order valence-corrected chi connectivity index (χ1v) is 12.6. The molecule has 0 fully saturated rings. The number of carbonyl (C=O) groups is 3. The summed E-state index contributed by atoms with van der Waals surface area (Å²) in [5.41, 5.74) is 0.180. The summed E-state index contributed by atoms with van der Waals surface area (Å²) in [6, 6.07) is 11.7. The molecule has 1 amide bonds. The number of rotatable bonds is 9. The van der Waals surface area contributed by atoms with Gasteiger partial charge in [-0.05, 0) is 70.0 Å². The first-order chi connectivity index (χ1) is 18.8. The average Bonchev–Trinajstić information content (AvgIpc) is 2.90. The molecule has 0 aliphatic carbocycles. The van der Waals surface area contributed by atoms with Gasteiger partial charge in [0.2, 0.25) is 5.75 Å².